The van der Waals surface area contributed by atoms with Gasteiger partial charge in [0, 0.05) is 36.8 Å². The summed E-state index contributed by atoms with van der Waals surface area (Å²) in [5.74, 6) is 0.374. The molecule has 0 bridgehead atoms. The minimum absolute atomic E-state index is 0.00184. The van der Waals surface area contributed by atoms with Gasteiger partial charge >= 0.3 is 5.76 Å². The summed E-state index contributed by atoms with van der Waals surface area (Å²) in [6.07, 6.45) is 7.76. The quantitative estimate of drug-likeness (QED) is 0.219. The highest BCUT2D eigenvalue weighted by Crippen LogP contribution is 2.32. The topological polar surface area (TPSA) is 141 Å². The van der Waals surface area contributed by atoms with Crippen molar-refractivity contribution in [2.24, 2.45) is 0 Å². The molecule has 2 aromatic carbocycles. The first-order valence-corrected chi connectivity index (χ1v) is 15.0. The molecular formula is C32H36N6O5. The number of nitrogens with zero attached hydrogens (tertiary/aromatic N) is 5. The van der Waals surface area contributed by atoms with Gasteiger partial charge in [0.2, 0.25) is 5.78 Å². The first-order valence-electron chi connectivity index (χ1n) is 15.0. The highest BCUT2D eigenvalue weighted by molar-refractivity contribution is 5.80. The summed E-state index contributed by atoms with van der Waals surface area (Å²) in [7, 11) is 0. The summed E-state index contributed by atoms with van der Waals surface area (Å²) >= 11 is 0. The second kappa shape index (κ2) is 12.9. The standard InChI is InChI=1S/C32H36N6O5/c1-2-6-28-27(19-21-9-11-22(12-10-21)25-7-3-4-8-26(25)29-35-32(41)43-36-29)30(40)37(31-33-20-34-38(28)31)23-13-15-24(16-14-23)42-18-5-17-39/h3-4,7-12,20,23-24,39H,2,5-6,13-19H2,1H3,(H,35,36,41). The summed E-state index contributed by atoms with van der Waals surface area (Å²) in [5, 5.41) is 17.5. The van der Waals surface area contributed by atoms with E-state index in [1.54, 1.807) is 0 Å². The number of aromatic nitrogens is 6. The largest absolute Gasteiger partial charge is 0.439 e. The van der Waals surface area contributed by atoms with E-state index < -0.39 is 5.76 Å². The van der Waals surface area contributed by atoms with Crippen LogP contribution < -0.4 is 11.3 Å². The molecule has 11 heteroatoms. The van der Waals surface area contributed by atoms with Crippen molar-refractivity contribution in [1.82, 2.24) is 29.3 Å². The van der Waals surface area contributed by atoms with E-state index in [1.165, 1.54) is 6.33 Å². The maximum atomic E-state index is 14.2. The Bertz CT molecular complexity index is 1790. The molecule has 3 aromatic heterocycles. The molecule has 224 valence electrons. The Hall–Kier alpha value is -4.35. The highest BCUT2D eigenvalue weighted by Gasteiger charge is 2.28. The third kappa shape index (κ3) is 5.95. The summed E-state index contributed by atoms with van der Waals surface area (Å²) in [6.45, 7) is 2.79. The predicted molar refractivity (Wildman–Crippen MR) is 161 cm³/mol. The Kier molecular flexibility index (Phi) is 8.62. The predicted octanol–water partition coefficient (Wildman–Crippen LogP) is 4.33. The number of hydrogen-bond donors (Lipinski definition) is 2. The van der Waals surface area contributed by atoms with Crippen molar-refractivity contribution in [1.29, 1.82) is 0 Å². The van der Waals surface area contributed by atoms with E-state index in [9.17, 15) is 9.59 Å². The zero-order valence-corrected chi connectivity index (χ0v) is 24.2. The number of benzene rings is 2. The number of aliphatic hydroxyl groups is 1. The van der Waals surface area contributed by atoms with Crippen molar-refractivity contribution in [2.45, 2.75) is 70.4 Å². The van der Waals surface area contributed by atoms with Crippen molar-refractivity contribution in [3.8, 4) is 22.5 Å². The van der Waals surface area contributed by atoms with E-state index in [0.717, 1.165) is 72.0 Å². The van der Waals surface area contributed by atoms with Crippen LogP contribution >= 0.6 is 0 Å². The molecule has 0 saturated heterocycles. The van der Waals surface area contributed by atoms with Crippen LogP contribution in [0.4, 0.5) is 0 Å². The van der Waals surface area contributed by atoms with Crippen molar-refractivity contribution >= 4 is 5.78 Å². The number of rotatable bonds is 11. The van der Waals surface area contributed by atoms with Gasteiger partial charge in [-0.1, -0.05) is 67.0 Å². The molecule has 0 spiro atoms. The first-order chi connectivity index (χ1) is 21.1. The van der Waals surface area contributed by atoms with Gasteiger partial charge < -0.3 is 9.84 Å². The van der Waals surface area contributed by atoms with Gasteiger partial charge in [-0.05, 0) is 55.2 Å². The Labute approximate surface area is 248 Å². The SMILES string of the molecule is CCCc1c(Cc2ccc(-c3ccccc3-c3noc(=O)[nH]3)cc2)c(=O)n(C2CCC(OCCCO)CC2)c2ncnn12. The number of aryl methyl sites for hydroxylation is 1. The molecule has 1 aliphatic rings. The number of H-pyrrole nitrogens is 1. The number of fused-ring (bicyclic) bond motifs is 1. The van der Waals surface area contributed by atoms with Crippen molar-refractivity contribution in [3.05, 3.63) is 92.6 Å². The first kappa shape index (κ1) is 28.8. The average Bonchev–Trinajstić information content (AvgIpc) is 3.69. The maximum Gasteiger partial charge on any atom is 0.439 e. The lowest BCUT2D eigenvalue weighted by atomic mass is 9.92. The maximum absolute atomic E-state index is 14.2. The molecule has 6 rings (SSSR count). The van der Waals surface area contributed by atoms with Gasteiger partial charge in [0.25, 0.3) is 5.56 Å². The third-order valence-electron chi connectivity index (χ3n) is 8.25. The molecule has 0 amide bonds. The molecule has 0 unspecified atom stereocenters. The van der Waals surface area contributed by atoms with Crippen LogP contribution in [0.1, 0.15) is 68.3 Å². The van der Waals surface area contributed by atoms with Crippen LogP contribution in [0, 0.1) is 0 Å². The molecular weight excluding hydrogens is 548 g/mol. The molecule has 5 aromatic rings. The molecule has 0 radical (unpaired) electrons. The lowest BCUT2D eigenvalue weighted by molar-refractivity contribution is 0.0131. The molecule has 1 fully saturated rings. The van der Waals surface area contributed by atoms with Gasteiger partial charge in [-0.3, -0.25) is 18.9 Å². The van der Waals surface area contributed by atoms with Crippen LogP contribution in [0.3, 0.4) is 0 Å². The Morgan fingerprint density at radius 3 is 2.51 bits per heavy atom. The molecule has 3 heterocycles. The monoisotopic (exact) mass is 584 g/mol. The highest BCUT2D eigenvalue weighted by atomic mass is 16.5. The van der Waals surface area contributed by atoms with Gasteiger partial charge in [-0.15, -0.1) is 0 Å². The Morgan fingerprint density at radius 1 is 1.05 bits per heavy atom. The van der Waals surface area contributed by atoms with Crippen LogP contribution in [-0.2, 0) is 17.6 Å². The second-order valence-electron chi connectivity index (χ2n) is 11.1. The van der Waals surface area contributed by atoms with E-state index >= 15 is 0 Å². The molecule has 1 aliphatic carbocycles. The van der Waals surface area contributed by atoms with E-state index in [0.29, 0.717) is 31.1 Å². The summed E-state index contributed by atoms with van der Waals surface area (Å²) in [6, 6.07) is 15.8. The molecule has 2 N–H and O–H groups in total. The minimum Gasteiger partial charge on any atom is -0.396 e. The molecule has 11 nitrogen and oxygen atoms in total. The fraction of sp³-hybridized carbons (Fsp3) is 0.406. The lowest BCUT2D eigenvalue weighted by Crippen LogP contribution is -2.35. The van der Waals surface area contributed by atoms with Crippen LogP contribution in [0.5, 0.6) is 0 Å². The van der Waals surface area contributed by atoms with E-state index in [-0.39, 0.29) is 24.3 Å². The second-order valence-corrected chi connectivity index (χ2v) is 11.1. The molecule has 0 aliphatic heterocycles. The zero-order chi connectivity index (χ0) is 29.8. The van der Waals surface area contributed by atoms with Crippen LogP contribution in [-0.4, -0.2) is 53.7 Å². The molecule has 43 heavy (non-hydrogen) atoms. The molecule has 0 atom stereocenters. The van der Waals surface area contributed by atoms with Crippen LogP contribution in [0.25, 0.3) is 28.3 Å². The number of ether oxygens (including phenoxy) is 1. The number of nitrogens with one attached hydrogen (secondary N) is 1. The van der Waals surface area contributed by atoms with E-state index in [1.807, 2.05) is 57.6 Å². The van der Waals surface area contributed by atoms with Gasteiger partial charge in [0.15, 0.2) is 5.82 Å². The van der Waals surface area contributed by atoms with E-state index in [2.05, 4.69) is 27.1 Å². The molecule has 1 saturated carbocycles. The van der Waals surface area contributed by atoms with Crippen molar-refractivity contribution in [3.63, 3.8) is 0 Å². The zero-order valence-electron chi connectivity index (χ0n) is 24.2. The summed E-state index contributed by atoms with van der Waals surface area (Å²) in [4.78, 5) is 32.9. The number of aliphatic hydroxyl groups excluding tert-OH is 1. The summed E-state index contributed by atoms with van der Waals surface area (Å²) < 4.78 is 14.4. The van der Waals surface area contributed by atoms with Gasteiger partial charge in [-0.25, -0.2) is 9.31 Å². The number of aromatic amines is 1. The fourth-order valence-corrected chi connectivity index (χ4v) is 6.16. The Morgan fingerprint density at radius 2 is 1.81 bits per heavy atom. The van der Waals surface area contributed by atoms with Gasteiger partial charge in [0.1, 0.15) is 6.33 Å². The van der Waals surface area contributed by atoms with Crippen LogP contribution in [0.2, 0.25) is 0 Å². The van der Waals surface area contributed by atoms with Crippen LogP contribution in [0.15, 0.2) is 69.0 Å². The minimum atomic E-state index is -0.600. The smallest absolute Gasteiger partial charge is 0.396 e. The average molecular weight is 585 g/mol. The summed E-state index contributed by atoms with van der Waals surface area (Å²) in [5.41, 5.74) is 5.29. The normalized spacial score (nSPS) is 17.1. The van der Waals surface area contributed by atoms with E-state index in [4.69, 9.17) is 14.4 Å². The van der Waals surface area contributed by atoms with Crippen molar-refractivity contribution < 1.29 is 14.4 Å². The lowest BCUT2D eigenvalue weighted by Gasteiger charge is -2.30. The number of hydrogen-bond acceptors (Lipinski definition) is 8. The fourth-order valence-electron chi connectivity index (χ4n) is 6.16. The van der Waals surface area contributed by atoms with Crippen molar-refractivity contribution in [2.75, 3.05) is 13.2 Å². The third-order valence-corrected chi connectivity index (χ3v) is 8.25. The van der Waals surface area contributed by atoms with Gasteiger partial charge in [0.05, 0.1) is 11.8 Å². The van der Waals surface area contributed by atoms with Gasteiger partial charge in [-0.2, -0.15) is 10.1 Å². The Balaban J connectivity index is 1.31.